The molecule has 2 heterocycles. The van der Waals surface area contributed by atoms with Crippen LogP contribution in [0.1, 0.15) is 47.1 Å². The van der Waals surface area contributed by atoms with Crippen molar-refractivity contribution in [2.24, 2.45) is 0 Å². The summed E-state index contributed by atoms with van der Waals surface area (Å²) in [5.74, 6) is -0.153. The number of hydrogen-bond acceptors (Lipinski definition) is 6. The van der Waals surface area contributed by atoms with Gasteiger partial charge in [-0.05, 0) is 47.6 Å². The Balaban J connectivity index is 1.93. The lowest BCUT2D eigenvalue weighted by Crippen LogP contribution is -2.53. The smallest absolute Gasteiger partial charge is 0.412 e. The molecule has 1 fully saturated rings. The maximum Gasteiger partial charge on any atom is 0.412 e. The molecule has 0 atom stereocenters. The summed E-state index contributed by atoms with van der Waals surface area (Å²) in [5.41, 5.74) is 0.0405. The summed E-state index contributed by atoms with van der Waals surface area (Å²) in [7, 11) is 0. The van der Waals surface area contributed by atoms with E-state index in [4.69, 9.17) is 9.47 Å². The van der Waals surface area contributed by atoms with Gasteiger partial charge in [0.25, 0.3) is 0 Å². The lowest BCUT2D eigenvalue weighted by molar-refractivity contribution is -0.135. The van der Waals surface area contributed by atoms with Crippen LogP contribution in [-0.2, 0) is 14.3 Å². The van der Waals surface area contributed by atoms with Gasteiger partial charge in [-0.25, -0.2) is 9.59 Å². The second-order valence-corrected chi connectivity index (χ2v) is 9.23. The second kappa shape index (κ2) is 9.80. The van der Waals surface area contributed by atoms with Crippen LogP contribution in [0.25, 0.3) is 6.08 Å². The number of hydrogen-bond donors (Lipinski definition) is 1. The highest BCUT2D eigenvalue weighted by Gasteiger charge is 2.29. The first-order chi connectivity index (χ1) is 14.3. The van der Waals surface area contributed by atoms with Crippen molar-refractivity contribution >= 4 is 29.9 Å². The molecule has 1 aromatic rings. The summed E-state index contributed by atoms with van der Waals surface area (Å²) in [4.78, 5) is 43.8. The molecule has 0 spiro atoms. The Hall–Kier alpha value is -3.10. The van der Waals surface area contributed by atoms with E-state index in [0.29, 0.717) is 30.9 Å². The van der Waals surface area contributed by atoms with E-state index in [1.54, 1.807) is 71.0 Å². The van der Waals surface area contributed by atoms with Crippen LogP contribution in [0.3, 0.4) is 0 Å². The molecule has 0 unspecified atom stereocenters. The van der Waals surface area contributed by atoms with Gasteiger partial charge in [0.2, 0.25) is 5.91 Å². The summed E-state index contributed by atoms with van der Waals surface area (Å²) in [6.45, 7) is 11.9. The fourth-order valence-electron chi connectivity index (χ4n) is 2.76. The maximum atomic E-state index is 12.4. The van der Waals surface area contributed by atoms with Gasteiger partial charge < -0.3 is 14.4 Å². The van der Waals surface area contributed by atoms with E-state index in [1.807, 2.05) is 6.08 Å². The molecule has 1 aromatic heterocycles. The van der Waals surface area contributed by atoms with Crippen LogP contribution in [0, 0.1) is 0 Å². The van der Waals surface area contributed by atoms with E-state index in [-0.39, 0.29) is 12.5 Å². The van der Waals surface area contributed by atoms with Crippen LogP contribution in [0.15, 0.2) is 24.5 Å². The molecule has 0 bridgehead atoms. The first kappa shape index (κ1) is 24.2. The molecule has 1 N–H and O–H groups in total. The molecule has 170 valence electrons. The van der Waals surface area contributed by atoms with Crippen LogP contribution in [0.5, 0.6) is 0 Å². The Morgan fingerprint density at radius 1 is 1.13 bits per heavy atom. The number of anilines is 1. The van der Waals surface area contributed by atoms with Crippen molar-refractivity contribution in [1.29, 1.82) is 0 Å². The molecule has 1 saturated heterocycles. The molecular formula is C22H32N4O5. The number of amides is 3. The largest absolute Gasteiger partial charge is 0.444 e. The molecule has 0 saturated carbocycles. The summed E-state index contributed by atoms with van der Waals surface area (Å²) in [6.07, 6.45) is 5.76. The van der Waals surface area contributed by atoms with E-state index in [0.717, 1.165) is 0 Å². The van der Waals surface area contributed by atoms with Gasteiger partial charge in [-0.1, -0.05) is 12.2 Å². The van der Waals surface area contributed by atoms with Crippen LogP contribution in [0.4, 0.5) is 15.3 Å². The monoisotopic (exact) mass is 432 g/mol. The Morgan fingerprint density at radius 2 is 1.81 bits per heavy atom. The zero-order chi connectivity index (χ0) is 23.2. The molecule has 3 amide bonds. The first-order valence-electron chi connectivity index (χ1n) is 10.2. The molecule has 0 radical (unpaired) electrons. The standard InChI is InChI=1S/C22H32N4O5/c1-21(2,3)30-19(28)24-17-9-10-23-14-16(17)8-7-11-25-12-13-26(15-18(25)27)20(29)31-22(4,5)6/h7-10,14H,11-13,15H2,1-6H3,(H,23,24,28). The SMILES string of the molecule is CC(C)(C)OC(=O)Nc1ccncc1C=CCN1CCN(C(=O)OC(C)(C)C)CC1=O. The van der Waals surface area contributed by atoms with Crippen molar-refractivity contribution in [3.05, 3.63) is 30.1 Å². The van der Waals surface area contributed by atoms with Gasteiger partial charge in [0.1, 0.15) is 17.7 Å². The lowest BCUT2D eigenvalue weighted by Gasteiger charge is -2.34. The minimum absolute atomic E-state index is 0.0128. The normalized spacial score (nSPS) is 15.2. The van der Waals surface area contributed by atoms with E-state index in [1.165, 1.54) is 4.90 Å². The van der Waals surface area contributed by atoms with Crippen LogP contribution >= 0.6 is 0 Å². The molecule has 2 rings (SSSR count). The third kappa shape index (κ3) is 8.27. The molecule has 0 aliphatic carbocycles. The molecule has 31 heavy (non-hydrogen) atoms. The lowest BCUT2D eigenvalue weighted by atomic mass is 10.2. The number of carbonyl (C=O) groups excluding carboxylic acids is 3. The minimum atomic E-state index is -0.602. The average molecular weight is 433 g/mol. The van der Waals surface area contributed by atoms with Crippen LogP contribution < -0.4 is 5.32 Å². The fourth-order valence-corrected chi connectivity index (χ4v) is 2.76. The highest BCUT2D eigenvalue weighted by molar-refractivity contribution is 5.88. The third-order valence-electron chi connectivity index (χ3n) is 4.08. The highest BCUT2D eigenvalue weighted by atomic mass is 16.6. The summed E-state index contributed by atoms with van der Waals surface area (Å²) < 4.78 is 10.6. The molecule has 1 aliphatic rings. The number of carbonyl (C=O) groups is 3. The topological polar surface area (TPSA) is 101 Å². The molecule has 9 nitrogen and oxygen atoms in total. The minimum Gasteiger partial charge on any atom is -0.444 e. The van der Waals surface area contributed by atoms with Gasteiger partial charge >= 0.3 is 12.2 Å². The molecule has 0 aromatic carbocycles. The Kier molecular flexibility index (Phi) is 7.65. The van der Waals surface area contributed by atoms with Crippen molar-refractivity contribution in [3.63, 3.8) is 0 Å². The van der Waals surface area contributed by atoms with Crippen LogP contribution in [-0.4, -0.2) is 70.3 Å². The first-order valence-corrected chi connectivity index (χ1v) is 10.2. The summed E-state index contributed by atoms with van der Waals surface area (Å²) in [5, 5.41) is 2.71. The predicted molar refractivity (Wildman–Crippen MR) is 118 cm³/mol. The molecule has 1 aliphatic heterocycles. The number of rotatable bonds is 4. The zero-order valence-corrected chi connectivity index (χ0v) is 19.1. The number of ether oxygens (including phenoxy) is 2. The third-order valence-corrected chi connectivity index (χ3v) is 4.08. The van der Waals surface area contributed by atoms with Crippen molar-refractivity contribution in [1.82, 2.24) is 14.8 Å². The number of aromatic nitrogens is 1. The quantitative estimate of drug-likeness (QED) is 0.781. The van der Waals surface area contributed by atoms with Crippen molar-refractivity contribution in [2.45, 2.75) is 52.7 Å². The van der Waals surface area contributed by atoms with E-state index < -0.39 is 23.4 Å². The maximum absolute atomic E-state index is 12.4. The number of nitrogens with one attached hydrogen (secondary N) is 1. The van der Waals surface area contributed by atoms with Gasteiger partial charge in [-0.3, -0.25) is 20.0 Å². The van der Waals surface area contributed by atoms with Gasteiger partial charge in [0, 0.05) is 37.6 Å². The van der Waals surface area contributed by atoms with Crippen molar-refractivity contribution in [3.8, 4) is 0 Å². The highest BCUT2D eigenvalue weighted by Crippen LogP contribution is 2.18. The Morgan fingerprint density at radius 3 is 2.42 bits per heavy atom. The van der Waals surface area contributed by atoms with Gasteiger partial charge in [-0.15, -0.1) is 0 Å². The predicted octanol–water partition coefficient (Wildman–Crippen LogP) is 3.52. The number of nitrogens with zero attached hydrogens (tertiary/aromatic N) is 3. The number of pyridine rings is 1. The van der Waals surface area contributed by atoms with Gasteiger partial charge in [0.15, 0.2) is 0 Å². The van der Waals surface area contributed by atoms with Crippen molar-refractivity contribution in [2.75, 3.05) is 31.5 Å². The van der Waals surface area contributed by atoms with Crippen LogP contribution in [0.2, 0.25) is 0 Å². The Bertz CT molecular complexity index is 839. The van der Waals surface area contributed by atoms with Crippen molar-refractivity contribution < 1.29 is 23.9 Å². The average Bonchev–Trinajstić information content (AvgIpc) is 2.61. The zero-order valence-electron chi connectivity index (χ0n) is 19.1. The molecule has 9 heteroatoms. The Labute approximate surface area is 183 Å². The van der Waals surface area contributed by atoms with E-state index >= 15 is 0 Å². The molecular weight excluding hydrogens is 400 g/mol. The van der Waals surface area contributed by atoms with E-state index in [2.05, 4.69) is 10.3 Å². The number of piperazine rings is 1. The van der Waals surface area contributed by atoms with Gasteiger partial charge in [-0.2, -0.15) is 0 Å². The summed E-state index contributed by atoms with van der Waals surface area (Å²) in [6, 6.07) is 1.67. The van der Waals surface area contributed by atoms with E-state index in [9.17, 15) is 14.4 Å². The van der Waals surface area contributed by atoms with Gasteiger partial charge in [0.05, 0.1) is 5.69 Å². The fraction of sp³-hybridized carbons (Fsp3) is 0.545. The second-order valence-electron chi connectivity index (χ2n) is 9.23. The summed E-state index contributed by atoms with van der Waals surface area (Å²) >= 11 is 0.